The smallest absolute Gasteiger partial charge is 0.278 e. The summed E-state index contributed by atoms with van der Waals surface area (Å²) in [5, 5.41) is 3.27. The first-order valence-corrected chi connectivity index (χ1v) is 6.41. The number of nitrogens with zero attached hydrogens (tertiary/aromatic N) is 1. The van der Waals surface area contributed by atoms with Gasteiger partial charge in [-0.25, -0.2) is 4.68 Å². The predicted molar refractivity (Wildman–Crippen MR) is 75.1 cm³/mol. The molecule has 0 aliphatic carbocycles. The molecule has 5 heteroatoms. The fraction of sp³-hybridized carbons (Fsp3) is 0.286. The number of ketones is 1. The second-order valence-corrected chi connectivity index (χ2v) is 5.10. The number of halogens is 1. The van der Waals surface area contributed by atoms with Gasteiger partial charge in [0, 0.05) is 17.3 Å². The third-order valence-electron chi connectivity index (χ3n) is 2.96. The van der Waals surface area contributed by atoms with Crippen LogP contribution < -0.4 is 5.56 Å². The summed E-state index contributed by atoms with van der Waals surface area (Å²) in [7, 11) is 0. The van der Waals surface area contributed by atoms with E-state index in [2.05, 4.69) is 5.10 Å². The molecule has 0 amide bonds. The topological polar surface area (TPSA) is 54.9 Å². The maximum Gasteiger partial charge on any atom is 0.278 e. The molecule has 0 radical (unpaired) electrons. The van der Waals surface area contributed by atoms with Crippen molar-refractivity contribution in [2.75, 3.05) is 0 Å². The second-order valence-electron chi connectivity index (χ2n) is 4.69. The minimum atomic E-state index is -0.344. The van der Waals surface area contributed by atoms with E-state index in [-0.39, 0.29) is 22.9 Å². The van der Waals surface area contributed by atoms with Crippen molar-refractivity contribution in [3.05, 3.63) is 56.5 Å². The molecule has 2 rings (SSSR count). The zero-order valence-corrected chi connectivity index (χ0v) is 11.8. The first kappa shape index (κ1) is 13.6. The van der Waals surface area contributed by atoms with Crippen molar-refractivity contribution in [1.29, 1.82) is 0 Å². The van der Waals surface area contributed by atoms with Crippen LogP contribution in [0, 0.1) is 6.92 Å². The number of aromatic nitrogens is 2. The molecule has 1 heterocycles. The molecule has 0 saturated carbocycles. The van der Waals surface area contributed by atoms with Gasteiger partial charge in [-0.05, 0) is 32.9 Å². The molecule has 0 saturated heterocycles. The molecule has 4 nitrogen and oxygen atoms in total. The first-order valence-electron chi connectivity index (χ1n) is 6.03. The highest BCUT2D eigenvalue weighted by Gasteiger charge is 2.22. The highest BCUT2D eigenvalue weighted by Crippen LogP contribution is 2.19. The van der Waals surface area contributed by atoms with E-state index < -0.39 is 0 Å². The van der Waals surface area contributed by atoms with Crippen LogP contribution in [0.3, 0.4) is 0 Å². The average molecular weight is 279 g/mol. The summed E-state index contributed by atoms with van der Waals surface area (Å²) in [6.45, 7) is 5.46. The number of benzene rings is 1. The molecule has 0 unspecified atom stereocenters. The minimum Gasteiger partial charge on any atom is -0.299 e. The van der Waals surface area contributed by atoms with Gasteiger partial charge >= 0.3 is 0 Å². The summed E-state index contributed by atoms with van der Waals surface area (Å²) in [5.41, 5.74) is 0.752. The van der Waals surface area contributed by atoms with Crippen LogP contribution in [-0.4, -0.2) is 15.6 Å². The zero-order chi connectivity index (χ0) is 14.2. The molecule has 0 spiro atoms. The van der Waals surface area contributed by atoms with Crippen molar-refractivity contribution in [3.8, 4) is 0 Å². The Labute approximate surface area is 116 Å². The van der Waals surface area contributed by atoms with Crippen LogP contribution in [0.15, 0.2) is 29.1 Å². The van der Waals surface area contributed by atoms with E-state index >= 15 is 0 Å². The summed E-state index contributed by atoms with van der Waals surface area (Å²) in [4.78, 5) is 24.7. The number of carbonyl (C=O) groups excluding carboxylic acids is 1. The Balaban J connectivity index is 2.58. The largest absolute Gasteiger partial charge is 0.299 e. The Morgan fingerprint density at radius 2 is 1.95 bits per heavy atom. The third kappa shape index (κ3) is 2.36. The molecule has 0 fully saturated rings. The van der Waals surface area contributed by atoms with E-state index in [9.17, 15) is 9.59 Å². The molecule has 2 aromatic rings. The fourth-order valence-corrected chi connectivity index (χ4v) is 2.20. The van der Waals surface area contributed by atoms with E-state index in [1.165, 1.54) is 4.68 Å². The number of carbonyl (C=O) groups is 1. The lowest BCUT2D eigenvalue weighted by Gasteiger charge is -2.03. The van der Waals surface area contributed by atoms with Gasteiger partial charge in [-0.3, -0.25) is 14.7 Å². The quantitative estimate of drug-likeness (QED) is 0.878. The molecule has 1 aromatic heterocycles. The second kappa shape index (κ2) is 5.05. The predicted octanol–water partition coefficient (Wildman–Crippen LogP) is 2.95. The van der Waals surface area contributed by atoms with E-state index in [0.29, 0.717) is 16.3 Å². The van der Waals surface area contributed by atoms with E-state index in [1.807, 2.05) is 13.8 Å². The number of hydrogen-bond acceptors (Lipinski definition) is 2. The number of rotatable bonds is 3. The standard InChI is InChI=1S/C14H15ClN2O2/c1-8(2)17-14(19)12(9(3)16-17)13(18)10-6-4-5-7-11(10)15/h4-8,16H,1-3H3. The van der Waals surface area contributed by atoms with E-state index in [0.717, 1.165) is 0 Å². The summed E-state index contributed by atoms with van der Waals surface area (Å²) >= 11 is 6.00. The average Bonchev–Trinajstić information content (AvgIpc) is 2.65. The van der Waals surface area contributed by atoms with Crippen molar-refractivity contribution in [1.82, 2.24) is 9.78 Å². The van der Waals surface area contributed by atoms with Gasteiger partial charge < -0.3 is 0 Å². The van der Waals surface area contributed by atoms with Crippen molar-refractivity contribution in [3.63, 3.8) is 0 Å². The van der Waals surface area contributed by atoms with E-state index in [1.54, 1.807) is 31.2 Å². The number of H-pyrrole nitrogens is 1. The Morgan fingerprint density at radius 1 is 1.32 bits per heavy atom. The Hall–Kier alpha value is -1.81. The third-order valence-corrected chi connectivity index (χ3v) is 3.29. The lowest BCUT2D eigenvalue weighted by atomic mass is 10.0. The molecule has 1 aromatic carbocycles. The normalized spacial score (nSPS) is 11.0. The maximum atomic E-state index is 12.4. The van der Waals surface area contributed by atoms with Crippen LogP contribution in [0.1, 0.15) is 41.5 Å². The van der Waals surface area contributed by atoms with Crippen molar-refractivity contribution < 1.29 is 4.79 Å². The first-order chi connectivity index (χ1) is 8.93. The van der Waals surface area contributed by atoms with Crippen LogP contribution >= 0.6 is 11.6 Å². The lowest BCUT2D eigenvalue weighted by molar-refractivity contribution is 0.103. The van der Waals surface area contributed by atoms with Gasteiger partial charge in [0.05, 0.1) is 5.02 Å². The molecule has 0 bridgehead atoms. The molecule has 0 aliphatic heterocycles. The van der Waals surface area contributed by atoms with Gasteiger partial charge in [-0.15, -0.1) is 0 Å². The van der Waals surface area contributed by atoms with Crippen LogP contribution in [0.25, 0.3) is 0 Å². The minimum absolute atomic E-state index is 0.0287. The van der Waals surface area contributed by atoms with Crippen LogP contribution in [0.5, 0.6) is 0 Å². The zero-order valence-electron chi connectivity index (χ0n) is 11.0. The Bertz CT molecular complexity index is 683. The molecule has 1 N–H and O–H groups in total. The lowest BCUT2D eigenvalue weighted by Crippen LogP contribution is -2.23. The van der Waals surface area contributed by atoms with Gasteiger partial charge in [0.1, 0.15) is 5.56 Å². The number of aromatic amines is 1. The Morgan fingerprint density at radius 3 is 2.47 bits per heavy atom. The van der Waals surface area contributed by atoms with Gasteiger partial charge in [0.2, 0.25) is 5.78 Å². The SMILES string of the molecule is Cc1[nH]n(C(C)C)c(=O)c1C(=O)c1ccccc1Cl. The van der Waals surface area contributed by atoms with E-state index in [4.69, 9.17) is 11.6 Å². The Kier molecular flexibility index (Phi) is 3.62. The van der Waals surface area contributed by atoms with Crippen molar-refractivity contribution >= 4 is 17.4 Å². The summed E-state index contributed by atoms with van der Waals surface area (Å²) < 4.78 is 1.44. The molecular formula is C14H15ClN2O2. The monoisotopic (exact) mass is 278 g/mol. The fourth-order valence-electron chi connectivity index (χ4n) is 1.98. The van der Waals surface area contributed by atoms with Crippen molar-refractivity contribution in [2.45, 2.75) is 26.8 Å². The molecule has 0 atom stereocenters. The molecule has 0 aliphatic rings. The summed E-state index contributed by atoms with van der Waals surface area (Å²) in [5.74, 6) is -0.344. The summed E-state index contributed by atoms with van der Waals surface area (Å²) in [6.07, 6.45) is 0. The maximum absolute atomic E-state index is 12.4. The van der Waals surface area contributed by atoms with Crippen LogP contribution in [-0.2, 0) is 0 Å². The number of aryl methyl sites for hydroxylation is 1. The molecular weight excluding hydrogens is 264 g/mol. The van der Waals surface area contributed by atoms with Gasteiger partial charge in [-0.2, -0.15) is 0 Å². The van der Waals surface area contributed by atoms with Gasteiger partial charge in [0.25, 0.3) is 5.56 Å². The number of hydrogen-bond donors (Lipinski definition) is 1. The van der Waals surface area contributed by atoms with Gasteiger partial charge in [0.15, 0.2) is 0 Å². The summed E-state index contributed by atoms with van der Waals surface area (Å²) in [6, 6.07) is 6.70. The molecule has 100 valence electrons. The highest BCUT2D eigenvalue weighted by molar-refractivity contribution is 6.35. The van der Waals surface area contributed by atoms with Gasteiger partial charge in [-0.1, -0.05) is 23.7 Å². The van der Waals surface area contributed by atoms with Crippen LogP contribution in [0.4, 0.5) is 0 Å². The highest BCUT2D eigenvalue weighted by atomic mass is 35.5. The number of nitrogens with one attached hydrogen (secondary N) is 1. The van der Waals surface area contributed by atoms with Crippen molar-refractivity contribution in [2.24, 2.45) is 0 Å². The molecule has 19 heavy (non-hydrogen) atoms. The van der Waals surface area contributed by atoms with Crippen LogP contribution in [0.2, 0.25) is 5.02 Å².